The van der Waals surface area contributed by atoms with Crippen LogP contribution in [0.2, 0.25) is 0 Å². The predicted molar refractivity (Wildman–Crippen MR) is 226 cm³/mol. The van der Waals surface area contributed by atoms with E-state index in [1.807, 2.05) is 11.3 Å². The fraction of sp³-hybridized carbons (Fsp3) is 0.0980. The van der Waals surface area contributed by atoms with Crippen LogP contribution >= 0.6 is 11.3 Å². The van der Waals surface area contributed by atoms with Crippen molar-refractivity contribution in [3.05, 3.63) is 214 Å². The lowest BCUT2D eigenvalue weighted by atomic mass is 9.67. The zero-order valence-electron chi connectivity index (χ0n) is 29.4. The van der Waals surface area contributed by atoms with Crippen molar-refractivity contribution in [3.63, 3.8) is 0 Å². The zero-order valence-corrected chi connectivity index (χ0v) is 30.2. The van der Waals surface area contributed by atoms with E-state index in [2.05, 4.69) is 187 Å². The van der Waals surface area contributed by atoms with Crippen LogP contribution in [0.4, 0.5) is 11.4 Å². The van der Waals surface area contributed by atoms with Gasteiger partial charge in [0, 0.05) is 31.5 Å². The number of hydrogen-bond acceptors (Lipinski definition) is 2. The largest absolute Gasteiger partial charge is 0.334 e. The van der Waals surface area contributed by atoms with Crippen LogP contribution in [0.25, 0.3) is 43.5 Å². The molecule has 0 saturated carbocycles. The molecule has 53 heavy (non-hydrogen) atoms. The summed E-state index contributed by atoms with van der Waals surface area (Å²) in [5, 5.41) is 2.66. The molecule has 3 aliphatic rings. The highest BCUT2D eigenvalue weighted by Crippen LogP contribution is 2.57. The first-order chi connectivity index (χ1) is 26.3. The Morgan fingerprint density at radius 3 is 2.02 bits per heavy atom. The molecule has 0 radical (unpaired) electrons. The van der Waals surface area contributed by atoms with Gasteiger partial charge in [-0.05, 0) is 111 Å². The lowest BCUT2D eigenvalue weighted by molar-refractivity contribution is 0.747. The van der Waals surface area contributed by atoms with Gasteiger partial charge in [0.15, 0.2) is 0 Å². The standard InChI is InChI=1S/C51H37NS/c1-3-14-36(15-4-1)51(37-16-5-2-6-17-37)47-21-11-9-19-42(47)43-29-27-40(33-48(43)51)52(39-28-30-50-46(32-39)44-20-10-12-22-49(44)53-50)38-26-25-35-24-23-34-13-7-8-18-41(34)45(35)31-38/h1-7,9-17,19-30,32-33,38H,8,18,31H2. The maximum atomic E-state index is 2.63. The number of hydrogen-bond donors (Lipinski definition) is 0. The molecule has 11 rings (SSSR count). The van der Waals surface area contributed by atoms with Gasteiger partial charge in [0.1, 0.15) is 0 Å². The summed E-state index contributed by atoms with van der Waals surface area (Å²) in [7, 11) is 0. The average molecular weight is 696 g/mol. The molecule has 7 aromatic carbocycles. The first kappa shape index (κ1) is 30.6. The van der Waals surface area contributed by atoms with Crippen LogP contribution in [0, 0.1) is 0 Å². The normalized spacial score (nSPS) is 16.3. The maximum Gasteiger partial charge on any atom is 0.0714 e. The third kappa shape index (κ3) is 4.62. The van der Waals surface area contributed by atoms with Gasteiger partial charge in [-0.25, -0.2) is 0 Å². The highest BCUT2D eigenvalue weighted by molar-refractivity contribution is 7.25. The molecule has 2 heteroatoms. The number of nitrogens with zero attached hydrogens (tertiary/aromatic N) is 1. The molecule has 1 aromatic heterocycles. The Hall–Kier alpha value is -5.96. The van der Waals surface area contributed by atoms with Crippen molar-refractivity contribution in [1.29, 1.82) is 0 Å². The number of anilines is 2. The fourth-order valence-corrected chi connectivity index (χ4v) is 10.7. The van der Waals surface area contributed by atoms with E-state index in [1.54, 1.807) is 0 Å². The van der Waals surface area contributed by atoms with E-state index in [9.17, 15) is 0 Å². The SMILES string of the molecule is C1=Cc2ccc3c(c2CC1)CC(N(c1ccc2c(c1)C(c1ccccc1)(c1ccccc1)c1ccccc1-2)c1ccc2sc4ccccc4c2c1)C=C3. The summed E-state index contributed by atoms with van der Waals surface area (Å²) in [6, 6.07) is 59.4. The summed E-state index contributed by atoms with van der Waals surface area (Å²) < 4.78 is 2.67. The van der Waals surface area contributed by atoms with E-state index >= 15 is 0 Å². The van der Waals surface area contributed by atoms with Crippen LogP contribution in [0.1, 0.15) is 50.9 Å². The second-order valence-electron chi connectivity index (χ2n) is 14.7. The van der Waals surface area contributed by atoms with Crippen molar-refractivity contribution >= 4 is 55.0 Å². The second kappa shape index (κ2) is 12.0. The van der Waals surface area contributed by atoms with Gasteiger partial charge >= 0.3 is 0 Å². The predicted octanol–water partition coefficient (Wildman–Crippen LogP) is 13.2. The number of allylic oxidation sites excluding steroid dienone is 1. The lowest BCUT2D eigenvalue weighted by Crippen LogP contribution is -2.34. The van der Waals surface area contributed by atoms with Gasteiger partial charge in [-0.3, -0.25) is 0 Å². The minimum atomic E-state index is -0.454. The minimum Gasteiger partial charge on any atom is -0.334 e. The molecule has 8 aromatic rings. The van der Waals surface area contributed by atoms with Crippen LogP contribution < -0.4 is 4.90 Å². The molecule has 0 aliphatic heterocycles. The van der Waals surface area contributed by atoms with Crippen LogP contribution in [0.15, 0.2) is 170 Å². The van der Waals surface area contributed by atoms with E-state index < -0.39 is 5.41 Å². The Labute approximate surface area is 314 Å². The van der Waals surface area contributed by atoms with Crippen molar-refractivity contribution in [2.24, 2.45) is 0 Å². The first-order valence-corrected chi connectivity index (χ1v) is 19.6. The highest BCUT2D eigenvalue weighted by atomic mass is 32.1. The van der Waals surface area contributed by atoms with Gasteiger partial charge in [0.25, 0.3) is 0 Å². The van der Waals surface area contributed by atoms with Crippen molar-refractivity contribution in [2.75, 3.05) is 4.90 Å². The summed E-state index contributed by atoms with van der Waals surface area (Å²) in [6.45, 7) is 0. The van der Waals surface area contributed by atoms with Gasteiger partial charge < -0.3 is 4.90 Å². The molecule has 252 valence electrons. The van der Waals surface area contributed by atoms with E-state index in [0.29, 0.717) is 0 Å². The molecule has 3 aliphatic carbocycles. The van der Waals surface area contributed by atoms with Crippen molar-refractivity contribution in [1.82, 2.24) is 0 Å². The van der Waals surface area contributed by atoms with E-state index in [0.717, 1.165) is 19.3 Å². The molecular formula is C51H37NS. The topological polar surface area (TPSA) is 3.24 Å². The number of thiophene rings is 1. The van der Waals surface area contributed by atoms with Crippen LogP contribution in [0.3, 0.4) is 0 Å². The van der Waals surface area contributed by atoms with Crippen LogP contribution in [-0.2, 0) is 18.3 Å². The Bertz CT molecular complexity index is 2730. The molecule has 0 fully saturated rings. The van der Waals surface area contributed by atoms with Crippen molar-refractivity contribution in [2.45, 2.75) is 30.7 Å². The molecule has 0 saturated heterocycles. The third-order valence-corrected chi connectivity index (χ3v) is 13.1. The number of benzene rings is 7. The molecule has 0 N–H and O–H groups in total. The van der Waals surface area contributed by atoms with Crippen molar-refractivity contribution in [3.8, 4) is 11.1 Å². The Balaban J connectivity index is 1.16. The van der Waals surface area contributed by atoms with Gasteiger partial charge in [-0.1, -0.05) is 146 Å². The number of fused-ring (bicyclic) bond motifs is 9. The number of rotatable bonds is 5. The summed E-state index contributed by atoms with van der Waals surface area (Å²) in [5.41, 5.74) is 15.6. The van der Waals surface area contributed by atoms with E-state index in [4.69, 9.17) is 0 Å². The summed E-state index contributed by atoms with van der Waals surface area (Å²) in [4.78, 5) is 2.63. The summed E-state index contributed by atoms with van der Waals surface area (Å²) in [5.74, 6) is 0. The second-order valence-corrected chi connectivity index (χ2v) is 15.8. The average Bonchev–Trinajstić information content (AvgIpc) is 3.75. The van der Waals surface area contributed by atoms with Gasteiger partial charge in [-0.15, -0.1) is 11.3 Å². The van der Waals surface area contributed by atoms with Gasteiger partial charge in [0.05, 0.1) is 11.5 Å². The molecule has 0 spiro atoms. The quantitative estimate of drug-likeness (QED) is 0.173. The smallest absolute Gasteiger partial charge is 0.0714 e. The minimum absolute atomic E-state index is 0.145. The highest BCUT2D eigenvalue weighted by Gasteiger charge is 2.46. The summed E-state index contributed by atoms with van der Waals surface area (Å²) >= 11 is 1.88. The molecule has 1 atom stereocenters. The molecule has 1 nitrogen and oxygen atoms in total. The lowest BCUT2D eigenvalue weighted by Gasteiger charge is -2.37. The monoisotopic (exact) mass is 695 g/mol. The zero-order chi connectivity index (χ0) is 34.9. The fourth-order valence-electron chi connectivity index (χ4n) is 9.66. The molecule has 0 bridgehead atoms. The molecular weight excluding hydrogens is 659 g/mol. The van der Waals surface area contributed by atoms with Crippen LogP contribution in [0.5, 0.6) is 0 Å². The summed E-state index contributed by atoms with van der Waals surface area (Å²) in [6.07, 6.45) is 12.7. The van der Waals surface area contributed by atoms with E-state index in [-0.39, 0.29) is 6.04 Å². The maximum absolute atomic E-state index is 2.63. The third-order valence-electron chi connectivity index (χ3n) is 12.0. The van der Waals surface area contributed by atoms with Crippen LogP contribution in [-0.4, -0.2) is 6.04 Å². The Morgan fingerprint density at radius 2 is 1.19 bits per heavy atom. The van der Waals surface area contributed by atoms with Gasteiger partial charge in [-0.2, -0.15) is 0 Å². The van der Waals surface area contributed by atoms with Crippen molar-refractivity contribution < 1.29 is 0 Å². The van der Waals surface area contributed by atoms with E-state index in [1.165, 1.54) is 87.2 Å². The van der Waals surface area contributed by atoms with Gasteiger partial charge in [0.2, 0.25) is 0 Å². The first-order valence-electron chi connectivity index (χ1n) is 18.8. The Morgan fingerprint density at radius 1 is 0.528 bits per heavy atom. The molecule has 1 heterocycles. The molecule has 1 unspecified atom stereocenters. The molecule has 0 amide bonds. The Kier molecular flexibility index (Phi) is 6.97.